The fourth-order valence-corrected chi connectivity index (χ4v) is 0. The first-order valence-corrected chi connectivity index (χ1v) is 2.21. The summed E-state index contributed by atoms with van der Waals surface area (Å²) in [4.78, 5) is 0. The van der Waals surface area contributed by atoms with Crippen molar-refractivity contribution in [2.45, 2.75) is 0 Å². The SMILES string of the molecule is O=[PH]=O.[O]=[Mo]. The molecule has 0 atom stereocenters. The zero-order valence-corrected chi connectivity index (χ0v) is 5.14. The molecule has 0 spiro atoms. The van der Waals surface area contributed by atoms with Crippen LogP contribution in [0.1, 0.15) is 0 Å². The minimum absolute atomic E-state index is 0.700. The predicted molar refractivity (Wildman–Crippen MR) is 10.4 cm³/mol. The third-order valence-electron chi connectivity index (χ3n) is 0. The Bertz CT molecular complexity index is 36.2. The summed E-state index contributed by atoms with van der Waals surface area (Å²) in [6.45, 7) is 0. The van der Waals surface area contributed by atoms with E-state index in [0.29, 0.717) is 19.8 Å². The van der Waals surface area contributed by atoms with Crippen LogP contribution in [0, 0.1) is 0 Å². The summed E-state index contributed by atoms with van der Waals surface area (Å²) in [7, 11) is -1.42. The standard InChI is InChI=1S/Mo.HO2P.O/c;1-3-2;/h;3H;. The van der Waals surface area contributed by atoms with Crippen LogP contribution in [0.3, 0.4) is 0 Å². The van der Waals surface area contributed by atoms with Gasteiger partial charge in [0.15, 0.2) is 0 Å². The third kappa shape index (κ3) is 166. The van der Waals surface area contributed by atoms with E-state index in [2.05, 4.69) is 0 Å². The van der Waals surface area contributed by atoms with E-state index in [4.69, 9.17) is 12.5 Å². The van der Waals surface area contributed by atoms with E-state index in [1.54, 1.807) is 0 Å². The molecule has 0 bridgehead atoms. The molecule has 0 aromatic heterocycles. The second-order valence-electron chi connectivity index (χ2n) is 0.0833. The van der Waals surface area contributed by atoms with Gasteiger partial charge in [-0.25, -0.2) is 9.13 Å². The van der Waals surface area contributed by atoms with Crippen molar-refractivity contribution >= 4 is 8.34 Å². The van der Waals surface area contributed by atoms with Gasteiger partial charge in [0.1, 0.15) is 0 Å². The summed E-state index contributed by atoms with van der Waals surface area (Å²) >= 11 is 0.700. The van der Waals surface area contributed by atoms with Crippen molar-refractivity contribution in [3.05, 3.63) is 0 Å². The van der Waals surface area contributed by atoms with E-state index in [0.717, 1.165) is 0 Å². The Morgan fingerprint density at radius 3 is 1.20 bits per heavy atom. The predicted octanol–water partition coefficient (Wildman–Crippen LogP) is 0.235. The average molecular weight is 176 g/mol. The maximum absolute atomic E-state index is 8.40. The molecule has 0 aliphatic rings. The Hall–Kier alpha value is 0.388. The van der Waals surface area contributed by atoms with Gasteiger partial charge in [0.05, 0.1) is 0 Å². The van der Waals surface area contributed by atoms with Gasteiger partial charge < -0.3 is 0 Å². The molecule has 0 radical (unpaired) electrons. The zero-order valence-electron chi connectivity index (χ0n) is 2.13. The molecule has 0 aromatic carbocycles. The molecule has 0 N–H and O–H groups in total. The summed E-state index contributed by atoms with van der Waals surface area (Å²) in [6, 6.07) is 0. The first-order valence-electron chi connectivity index (χ1n) is 0.575. The molecule has 0 amide bonds. The van der Waals surface area contributed by atoms with Crippen molar-refractivity contribution < 1.29 is 32.3 Å². The molecule has 0 heterocycles. The van der Waals surface area contributed by atoms with E-state index in [9.17, 15) is 0 Å². The van der Waals surface area contributed by atoms with Crippen molar-refractivity contribution in [2.24, 2.45) is 0 Å². The van der Waals surface area contributed by atoms with Gasteiger partial charge in [0.25, 0.3) is 0 Å². The Kier molecular flexibility index (Phi) is 47.2. The van der Waals surface area contributed by atoms with E-state index in [-0.39, 0.29) is 0 Å². The molecule has 5 heteroatoms. The molecule has 0 rings (SSSR count). The van der Waals surface area contributed by atoms with Crippen molar-refractivity contribution in [1.82, 2.24) is 0 Å². The van der Waals surface area contributed by atoms with Crippen LogP contribution in [0.5, 0.6) is 0 Å². The fraction of sp³-hybridized carbons (Fsp3) is 0. The van der Waals surface area contributed by atoms with E-state index < -0.39 is 8.34 Å². The minimum atomic E-state index is -1.42. The quantitative estimate of drug-likeness (QED) is 0.392. The monoisotopic (exact) mass is 178 g/mol. The van der Waals surface area contributed by atoms with Gasteiger partial charge in [-0.15, -0.1) is 0 Å². The van der Waals surface area contributed by atoms with Gasteiger partial charge in [-0.3, -0.25) is 0 Å². The van der Waals surface area contributed by atoms with Gasteiger partial charge in [-0.1, -0.05) is 0 Å². The molecule has 0 saturated carbocycles. The number of rotatable bonds is 0. The van der Waals surface area contributed by atoms with Crippen LogP contribution in [0.25, 0.3) is 0 Å². The average Bonchev–Trinajstić information content (AvgIpc) is 1.46. The zero-order chi connectivity index (χ0) is 4.71. The third-order valence-corrected chi connectivity index (χ3v) is 0. The van der Waals surface area contributed by atoms with Gasteiger partial charge >= 0.3 is 31.5 Å². The van der Waals surface area contributed by atoms with Crippen molar-refractivity contribution in [2.75, 3.05) is 0 Å². The van der Waals surface area contributed by atoms with E-state index in [1.165, 1.54) is 0 Å². The molecule has 0 aliphatic carbocycles. The molecule has 0 aliphatic heterocycles. The van der Waals surface area contributed by atoms with Crippen LogP contribution in [0.4, 0.5) is 0 Å². The van der Waals surface area contributed by atoms with Gasteiger partial charge in [-0.2, -0.15) is 0 Å². The van der Waals surface area contributed by atoms with Crippen LogP contribution < -0.4 is 0 Å². The van der Waals surface area contributed by atoms with Gasteiger partial charge in [-0.05, 0) is 0 Å². The molecular formula is HMoO3P. The maximum atomic E-state index is 8.40. The second kappa shape index (κ2) is 26.1. The molecule has 0 saturated heterocycles. The van der Waals surface area contributed by atoms with E-state index in [1.807, 2.05) is 0 Å². The Morgan fingerprint density at radius 1 is 1.20 bits per heavy atom. The molecule has 3 nitrogen and oxygen atoms in total. The van der Waals surface area contributed by atoms with Crippen molar-refractivity contribution in [3.63, 3.8) is 0 Å². The van der Waals surface area contributed by atoms with Crippen molar-refractivity contribution in [1.29, 1.82) is 0 Å². The Balaban J connectivity index is 0. The Morgan fingerprint density at radius 2 is 1.20 bits per heavy atom. The molecule has 30 valence electrons. The second-order valence-corrected chi connectivity index (χ2v) is 0.250. The summed E-state index contributed by atoms with van der Waals surface area (Å²) in [5.74, 6) is 0. The van der Waals surface area contributed by atoms with Crippen molar-refractivity contribution in [3.8, 4) is 0 Å². The number of hydrogen-bond donors (Lipinski definition) is 0. The van der Waals surface area contributed by atoms with Crippen LogP contribution in [-0.4, -0.2) is 0 Å². The van der Waals surface area contributed by atoms with E-state index >= 15 is 0 Å². The molecule has 5 heavy (non-hydrogen) atoms. The van der Waals surface area contributed by atoms with Gasteiger partial charge in [0.2, 0.25) is 0 Å². The Labute approximate surface area is 41.2 Å². The van der Waals surface area contributed by atoms with Crippen LogP contribution >= 0.6 is 8.34 Å². The summed E-state index contributed by atoms with van der Waals surface area (Å²) in [5.41, 5.74) is 0. The summed E-state index contributed by atoms with van der Waals surface area (Å²) in [6.07, 6.45) is 0. The molecule has 0 fully saturated rings. The summed E-state index contributed by atoms with van der Waals surface area (Å²) < 4.78 is 25.1. The molecule has 0 aromatic rings. The van der Waals surface area contributed by atoms with Crippen LogP contribution in [-0.2, 0) is 32.3 Å². The fourth-order valence-electron chi connectivity index (χ4n) is 0. The van der Waals surface area contributed by atoms with Gasteiger partial charge in [0, 0.05) is 0 Å². The molecule has 0 unspecified atom stereocenters. The molecular weight excluding hydrogens is 175 g/mol. The topological polar surface area (TPSA) is 51.2 Å². The van der Waals surface area contributed by atoms with Crippen LogP contribution in [0.15, 0.2) is 0 Å². The number of hydrogen-bond acceptors (Lipinski definition) is 3. The van der Waals surface area contributed by atoms with Crippen LogP contribution in [0.2, 0.25) is 0 Å². The first kappa shape index (κ1) is 9.04. The normalized spacial score (nSPS) is 3.20. The summed E-state index contributed by atoms with van der Waals surface area (Å²) in [5, 5.41) is 0. The first-order chi connectivity index (χ1) is 2.41.